The number of nitrogens with zero attached hydrogens (tertiary/aromatic N) is 1. The molecule has 1 aliphatic heterocycles. The molecule has 0 saturated carbocycles. The summed E-state index contributed by atoms with van der Waals surface area (Å²) in [7, 11) is 1.58. The molecule has 1 aliphatic rings. The molecule has 1 rings (SSSR count). The molecule has 1 heterocycles. The normalized spacial score (nSPS) is 23.4. The number of carbonyl (C=O) groups excluding carboxylic acids is 2. The summed E-state index contributed by atoms with van der Waals surface area (Å²) < 4.78 is 0. The Morgan fingerprint density at radius 2 is 2.21 bits per heavy atom. The van der Waals surface area contributed by atoms with Crippen LogP contribution < -0.4 is 11.1 Å². The van der Waals surface area contributed by atoms with Crippen molar-refractivity contribution >= 4 is 11.8 Å². The van der Waals surface area contributed by atoms with Crippen molar-refractivity contribution in [3.05, 3.63) is 0 Å². The molecule has 0 bridgehead atoms. The van der Waals surface area contributed by atoms with Crippen LogP contribution in [-0.4, -0.2) is 42.4 Å². The van der Waals surface area contributed by atoms with Crippen molar-refractivity contribution in [3.63, 3.8) is 0 Å². The standard InChI is InChI=1S/C9H17N3O2/c1-6(10)9(14)12-5-3-4-7(12)8(13)11-2/h6-7H,3-5,10H2,1-2H3,(H,11,13). The van der Waals surface area contributed by atoms with Crippen molar-refractivity contribution in [3.8, 4) is 0 Å². The van der Waals surface area contributed by atoms with Gasteiger partial charge < -0.3 is 16.0 Å². The summed E-state index contributed by atoms with van der Waals surface area (Å²) in [5, 5.41) is 2.56. The third-order valence-corrected chi connectivity index (χ3v) is 2.47. The van der Waals surface area contributed by atoms with E-state index in [4.69, 9.17) is 5.73 Å². The number of likely N-dealkylation sites (N-methyl/N-ethyl adjacent to an activating group) is 1. The van der Waals surface area contributed by atoms with Gasteiger partial charge in [-0.15, -0.1) is 0 Å². The smallest absolute Gasteiger partial charge is 0.242 e. The summed E-state index contributed by atoms with van der Waals surface area (Å²) >= 11 is 0. The van der Waals surface area contributed by atoms with Gasteiger partial charge >= 0.3 is 0 Å². The topological polar surface area (TPSA) is 75.4 Å². The maximum atomic E-state index is 11.6. The molecule has 1 fully saturated rings. The summed E-state index contributed by atoms with van der Waals surface area (Å²) in [4.78, 5) is 24.6. The number of carbonyl (C=O) groups is 2. The molecule has 80 valence electrons. The third kappa shape index (κ3) is 2.04. The lowest BCUT2D eigenvalue weighted by Gasteiger charge is -2.24. The van der Waals surface area contributed by atoms with Gasteiger partial charge in [-0.1, -0.05) is 0 Å². The van der Waals surface area contributed by atoms with Gasteiger partial charge in [-0.05, 0) is 19.8 Å². The first-order valence-electron chi connectivity index (χ1n) is 4.85. The van der Waals surface area contributed by atoms with Crippen LogP contribution in [0.2, 0.25) is 0 Å². The van der Waals surface area contributed by atoms with Crippen molar-refractivity contribution in [1.29, 1.82) is 0 Å². The maximum absolute atomic E-state index is 11.6. The fourth-order valence-corrected chi connectivity index (χ4v) is 1.73. The van der Waals surface area contributed by atoms with Gasteiger partial charge in [0, 0.05) is 13.6 Å². The number of rotatable bonds is 2. The predicted molar refractivity (Wildman–Crippen MR) is 52.5 cm³/mol. The van der Waals surface area contributed by atoms with Crippen molar-refractivity contribution < 1.29 is 9.59 Å². The van der Waals surface area contributed by atoms with E-state index in [1.165, 1.54) is 0 Å². The van der Waals surface area contributed by atoms with Crippen LogP contribution in [0, 0.1) is 0 Å². The van der Waals surface area contributed by atoms with E-state index in [9.17, 15) is 9.59 Å². The van der Waals surface area contributed by atoms with Gasteiger partial charge in [0.1, 0.15) is 6.04 Å². The van der Waals surface area contributed by atoms with Crippen LogP contribution in [-0.2, 0) is 9.59 Å². The van der Waals surface area contributed by atoms with E-state index in [2.05, 4.69) is 5.32 Å². The highest BCUT2D eigenvalue weighted by Gasteiger charge is 2.34. The summed E-state index contributed by atoms with van der Waals surface area (Å²) in [6.07, 6.45) is 1.61. The molecule has 5 nitrogen and oxygen atoms in total. The lowest BCUT2D eigenvalue weighted by atomic mass is 10.2. The minimum absolute atomic E-state index is 0.100. The molecule has 2 unspecified atom stereocenters. The molecular formula is C9H17N3O2. The zero-order valence-corrected chi connectivity index (χ0v) is 8.62. The number of hydrogen-bond donors (Lipinski definition) is 2. The lowest BCUT2D eigenvalue weighted by molar-refractivity contribution is -0.138. The number of likely N-dealkylation sites (tertiary alicyclic amines) is 1. The van der Waals surface area contributed by atoms with E-state index in [1.54, 1.807) is 18.9 Å². The molecule has 0 spiro atoms. The zero-order valence-electron chi connectivity index (χ0n) is 8.62. The highest BCUT2D eigenvalue weighted by Crippen LogP contribution is 2.17. The van der Waals surface area contributed by atoms with Crippen LogP contribution in [0.3, 0.4) is 0 Å². The fourth-order valence-electron chi connectivity index (χ4n) is 1.73. The fraction of sp³-hybridized carbons (Fsp3) is 0.778. The van der Waals surface area contributed by atoms with Crippen molar-refractivity contribution in [2.45, 2.75) is 31.8 Å². The van der Waals surface area contributed by atoms with Crippen LogP contribution in [0.15, 0.2) is 0 Å². The van der Waals surface area contributed by atoms with Gasteiger partial charge in [-0.25, -0.2) is 0 Å². The number of hydrogen-bond acceptors (Lipinski definition) is 3. The lowest BCUT2D eigenvalue weighted by Crippen LogP contribution is -2.49. The number of nitrogens with two attached hydrogens (primary N) is 1. The minimum atomic E-state index is -0.528. The molecule has 1 saturated heterocycles. The Hall–Kier alpha value is -1.10. The number of nitrogens with one attached hydrogen (secondary N) is 1. The third-order valence-electron chi connectivity index (χ3n) is 2.47. The van der Waals surface area contributed by atoms with Crippen LogP contribution in [0.25, 0.3) is 0 Å². The monoisotopic (exact) mass is 199 g/mol. The Balaban J connectivity index is 2.68. The van der Waals surface area contributed by atoms with Crippen molar-refractivity contribution in [2.75, 3.05) is 13.6 Å². The van der Waals surface area contributed by atoms with E-state index in [0.717, 1.165) is 12.8 Å². The Kier molecular flexibility index (Phi) is 3.46. The SMILES string of the molecule is CNC(=O)C1CCCN1C(=O)C(C)N. The second kappa shape index (κ2) is 4.41. The van der Waals surface area contributed by atoms with Crippen molar-refractivity contribution in [1.82, 2.24) is 10.2 Å². The minimum Gasteiger partial charge on any atom is -0.357 e. The van der Waals surface area contributed by atoms with E-state index in [1.807, 2.05) is 0 Å². The highest BCUT2D eigenvalue weighted by molar-refractivity contribution is 5.89. The molecule has 0 aromatic rings. The summed E-state index contributed by atoms with van der Waals surface area (Å²) in [5.74, 6) is -0.243. The highest BCUT2D eigenvalue weighted by atomic mass is 16.2. The van der Waals surface area contributed by atoms with E-state index < -0.39 is 6.04 Å². The first-order valence-corrected chi connectivity index (χ1v) is 4.85. The van der Waals surface area contributed by atoms with E-state index in [0.29, 0.717) is 6.54 Å². The van der Waals surface area contributed by atoms with Gasteiger partial charge in [0.15, 0.2) is 0 Å². The largest absolute Gasteiger partial charge is 0.357 e. The van der Waals surface area contributed by atoms with Gasteiger partial charge in [-0.2, -0.15) is 0 Å². The van der Waals surface area contributed by atoms with E-state index in [-0.39, 0.29) is 17.9 Å². The number of amides is 2. The molecule has 0 radical (unpaired) electrons. The molecule has 0 aromatic heterocycles. The molecule has 2 amide bonds. The van der Waals surface area contributed by atoms with Crippen LogP contribution >= 0.6 is 0 Å². The average molecular weight is 199 g/mol. The Bertz CT molecular complexity index is 240. The first kappa shape index (κ1) is 11.0. The molecular weight excluding hydrogens is 182 g/mol. The van der Waals surface area contributed by atoms with Crippen LogP contribution in [0.5, 0.6) is 0 Å². The zero-order chi connectivity index (χ0) is 10.7. The van der Waals surface area contributed by atoms with Gasteiger partial charge in [0.25, 0.3) is 0 Å². The van der Waals surface area contributed by atoms with Gasteiger partial charge in [0.2, 0.25) is 11.8 Å². The van der Waals surface area contributed by atoms with Gasteiger partial charge in [-0.3, -0.25) is 9.59 Å². The second-order valence-electron chi connectivity index (χ2n) is 3.59. The summed E-state index contributed by atoms with van der Waals surface area (Å²) in [6.45, 7) is 2.28. The quantitative estimate of drug-likeness (QED) is 0.603. The second-order valence-corrected chi connectivity index (χ2v) is 3.59. The molecule has 14 heavy (non-hydrogen) atoms. The maximum Gasteiger partial charge on any atom is 0.242 e. The van der Waals surface area contributed by atoms with E-state index >= 15 is 0 Å². The molecule has 3 N–H and O–H groups in total. The first-order chi connectivity index (χ1) is 6.57. The molecule has 2 atom stereocenters. The van der Waals surface area contributed by atoms with Crippen LogP contribution in [0.1, 0.15) is 19.8 Å². The average Bonchev–Trinajstić information content (AvgIpc) is 2.63. The Morgan fingerprint density at radius 1 is 1.57 bits per heavy atom. The van der Waals surface area contributed by atoms with Crippen molar-refractivity contribution in [2.24, 2.45) is 5.73 Å². The van der Waals surface area contributed by atoms with Gasteiger partial charge in [0.05, 0.1) is 6.04 Å². The molecule has 0 aromatic carbocycles. The summed E-state index contributed by atoms with van der Waals surface area (Å²) in [6, 6.07) is -0.848. The van der Waals surface area contributed by atoms with Crippen LogP contribution in [0.4, 0.5) is 0 Å². The predicted octanol–water partition coefficient (Wildman–Crippen LogP) is -0.929. The Morgan fingerprint density at radius 3 is 2.71 bits per heavy atom. The molecule has 0 aliphatic carbocycles. The molecule has 5 heteroatoms. The summed E-state index contributed by atoms with van der Waals surface area (Å²) in [5.41, 5.74) is 5.50. The Labute approximate surface area is 83.6 Å².